The highest BCUT2D eigenvalue weighted by atomic mass is 15.1. The first-order valence-electron chi connectivity index (χ1n) is 9.33. The van der Waals surface area contributed by atoms with Crippen LogP contribution in [0.15, 0.2) is 0 Å². The smallest absolute Gasteiger partial charge is 0.0542 e. The van der Waals surface area contributed by atoms with Crippen LogP contribution in [0.4, 0.5) is 0 Å². The van der Waals surface area contributed by atoms with Gasteiger partial charge in [-0.2, -0.15) is 0 Å². The second-order valence-corrected chi connectivity index (χ2v) is 8.58. The zero-order valence-electron chi connectivity index (χ0n) is 15.3. The predicted octanol–water partition coefficient (Wildman–Crippen LogP) is 4.94. The highest BCUT2D eigenvalue weighted by molar-refractivity contribution is 4.70. The Bertz CT molecular complexity index is 257. The molecule has 0 radical (unpaired) electrons. The molecule has 2 N–H and O–H groups in total. The molecular formula is C19H40N2. The molecule has 126 valence electrons. The summed E-state index contributed by atoms with van der Waals surface area (Å²) in [6.45, 7) is 13.9. The highest BCUT2D eigenvalue weighted by Crippen LogP contribution is 2.24. The molecule has 1 fully saturated rings. The molecule has 0 heterocycles. The van der Waals surface area contributed by atoms with Crippen molar-refractivity contribution in [2.75, 3.05) is 13.1 Å². The van der Waals surface area contributed by atoms with Gasteiger partial charge in [0.25, 0.3) is 0 Å². The molecule has 0 aliphatic heterocycles. The van der Waals surface area contributed by atoms with Crippen molar-refractivity contribution in [1.82, 2.24) is 10.6 Å². The van der Waals surface area contributed by atoms with E-state index in [2.05, 4.69) is 45.3 Å². The maximum atomic E-state index is 3.71. The van der Waals surface area contributed by atoms with Gasteiger partial charge in [-0.3, -0.25) is 0 Å². The largest absolute Gasteiger partial charge is 0.302 e. The molecule has 2 heteroatoms. The maximum Gasteiger partial charge on any atom is 0.0542 e. The predicted molar refractivity (Wildman–Crippen MR) is 94.5 cm³/mol. The van der Waals surface area contributed by atoms with Crippen molar-refractivity contribution in [2.45, 2.75) is 92.2 Å². The Morgan fingerprint density at radius 3 is 2.29 bits per heavy atom. The third-order valence-corrected chi connectivity index (χ3v) is 4.91. The maximum absolute atomic E-state index is 3.71. The van der Waals surface area contributed by atoms with Crippen LogP contribution < -0.4 is 10.6 Å². The van der Waals surface area contributed by atoms with E-state index in [0.717, 1.165) is 18.4 Å². The Labute approximate surface area is 133 Å². The monoisotopic (exact) mass is 296 g/mol. The van der Waals surface area contributed by atoms with Gasteiger partial charge < -0.3 is 10.6 Å². The molecule has 0 amide bonds. The van der Waals surface area contributed by atoms with E-state index in [9.17, 15) is 0 Å². The Hall–Kier alpha value is -0.0800. The van der Waals surface area contributed by atoms with Gasteiger partial charge in [0.2, 0.25) is 0 Å². The molecule has 0 bridgehead atoms. The first kappa shape index (κ1) is 19.0. The minimum Gasteiger partial charge on any atom is -0.302 e. The average molecular weight is 297 g/mol. The molecule has 0 aromatic carbocycles. The number of nitrogens with one attached hydrogen (secondary N) is 2. The van der Waals surface area contributed by atoms with E-state index in [1.165, 1.54) is 57.9 Å². The summed E-state index contributed by atoms with van der Waals surface area (Å²) in [6.07, 6.45) is 11.7. The summed E-state index contributed by atoms with van der Waals surface area (Å²) >= 11 is 0. The molecule has 1 rings (SSSR count). The van der Waals surface area contributed by atoms with Gasteiger partial charge >= 0.3 is 0 Å². The molecule has 0 aromatic heterocycles. The minimum atomic E-state index is 0.432. The molecule has 0 saturated heterocycles. The number of hydrogen-bond donors (Lipinski definition) is 2. The second kappa shape index (κ2) is 9.84. The molecule has 3 atom stereocenters. The molecule has 3 unspecified atom stereocenters. The van der Waals surface area contributed by atoms with Crippen LogP contribution in [0.1, 0.15) is 86.0 Å². The summed E-state index contributed by atoms with van der Waals surface area (Å²) in [7, 11) is 0. The third kappa shape index (κ3) is 10.3. The lowest BCUT2D eigenvalue weighted by Gasteiger charge is -2.23. The van der Waals surface area contributed by atoms with Crippen molar-refractivity contribution in [1.29, 1.82) is 0 Å². The molecule has 2 nitrogen and oxygen atoms in total. The van der Waals surface area contributed by atoms with Crippen molar-refractivity contribution in [2.24, 2.45) is 17.3 Å². The summed E-state index contributed by atoms with van der Waals surface area (Å²) in [6, 6.07) is 0. The molecule has 1 aliphatic rings. The van der Waals surface area contributed by atoms with Gasteiger partial charge in [-0.05, 0) is 56.5 Å². The summed E-state index contributed by atoms with van der Waals surface area (Å²) in [5.74, 6) is 1.84. The Balaban J connectivity index is 2.16. The van der Waals surface area contributed by atoms with Gasteiger partial charge in [-0.1, -0.05) is 59.8 Å². The fraction of sp³-hybridized carbons (Fsp3) is 1.00. The Kier molecular flexibility index (Phi) is 8.89. The average Bonchev–Trinajstić information content (AvgIpc) is 2.47. The van der Waals surface area contributed by atoms with E-state index in [-0.39, 0.29) is 0 Å². The first-order chi connectivity index (χ1) is 9.87. The molecular weight excluding hydrogens is 256 g/mol. The highest BCUT2D eigenvalue weighted by Gasteiger charge is 2.14. The van der Waals surface area contributed by atoms with Crippen molar-refractivity contribution in [3.05, 3.63) is 0 Å². The second-order valence-electron chi connectivity index (χ2n) is 8.58. The minimum absolute atomic E-state index is 0.432. The Morgan fingerprint density at radius 2 is 1.57 bits per heavy atom. The molecule has 21 heavy (non-hydrogen) atoms. The van der Waals surface area contributed by atoms with E-state index >= 15 is 0 Å². The van der Waals surface area contributed by atoms with Crippen LogP contribution in [0.3, 0.4) is 0 Å². The van der Waals surface area contributed by atoms with Gasteiger partial charge in [-0.25, -0.2) is 0 Å². The zero-order valence-corrected chi connectivity index (χ0v) is 15.3. The van der Waals surface area contributed by atoms with Crippen LogP contribution in [0.25, 0.3) is 0 Å². The summed E-state index contributed by atoms with van der Waals surface area (Å²) in [5, 5.41) is 7.32. The lowest BCUT2D eigenvalue weighted by Crippen LogP contribution is -2.43. The number of hydrogen-bond acceptors (Lipinski definition) is 2. The van der Waals surface area contributed by atoms with Crippen LogP contribution in [0.5, 0.6) is 0 Å². The van der Waals surface area contributed by atoms with Crippen molar-refractivity contribution >= 4 is 0 Å². The molecule has 1 saturated carbocycles. The van der Waals surface area contributed by atoms with E-state index < -0.39 is 0 Å². The standard InChI is InChI=1S/C19H40N2/c1-16-9-6-7-11-18(12-8-10-16)15-21-17(2)20-14-13-19(3,4)5/h16-18,20-21H,6-15H2,1-5H3. The quantitative estimate of drug-likeness (QED) is 0.678. The van der Waals surface area contributed by atoms with Crippen molar-refractivity contribution in [3.63, 3.8) is 0 Å². The molecule has 1 aliphatic carbocycles. The lowest BCUT2D eigenvalue weighted by atomic mass is 9.92. The van der Waals surface area contributed by atoms with E-state index in [1.54, 1.807) is 0 Å². The van der Waals surface area contributed by atoms with Crippen LogP contribution in [-0.2, 0) is 0 Å². The summed E-state index contributed by atoms with van der Waals surface area (Å²) < 4.78 is 0. The van der Waals surface area contributed by atoms with Crippen LogP contribution >= 0.6 is 0 Å². The SMILES string of the molecule is CC1CCCCC(CNC(C)NCCC(C)(C)C)CCC1. The van der Waals surface area contributed by atoms with Gasteiger partial charge in [-0.15, -0.1) is 0 Å². The fourth-order valence-electron chi connectivity index (χ4n) is 3.25. The van der Waals surface area contributed by atoms with Crippen LogP contribution in [0.2, 0.25) is 0 Å². The third-order valence-electron chi connectivity index (χ3n) is 4.91. The zero-order chi connectivity index (χ0) is 15.7. The summed E-state index contributed by atoms with van der Waals surface area (Å²) in [5.41, 5.74) is 0.432. The topological polar surface area (TPSA) is 24.1 Å². The lowest BCUT2D eigenvalue weighted by molar-refractivity contribution is 0.325. The van der Waals surface area contributed by atoms with Crippen LogP contribution in [0, 0.1) is 17.3 Å². The molecule has 0 spiro atoms. The first-order valence-corrected chi connectivity index (χ1v) is 9.33. The van der Waals surface area contributed by atoms with Gasteiger partial charge in [0.15, 0.2) is 0 Å². The normalized spacial score (nSPS) is 26.7. The molecule has 0 aromatic rings. The van der Waals surface area contributed by atoms with Gasteiger partial charge in [0.05, 0.1) is 6.17 Å². The van der Waals surface area contributed by atoms with E-state index in [4.69, 9.17) is 0 Å². The van der Waals surface area contributed by atoms with E-state index in [1.807, 2.05) is 0 Å². The Morgan fingerprint density at radius 1 is 0.952 bits per heavy atom. The van der Waals surface area contributed by atoms with Crippen molar-refractivity contribution < 1.29 is 0 Å². The number of rotatable bonds is 6. The van der Waals surface area contributed by atoms with E-state index in [0.29, 0.717) is 11.6 Å². The fourth-order valence-corrected chi connectivity index (χ4v) is 3.25. The van der Waals surface area contributed by atoms with Gasteiger partial charge in [0, 0.05) is 0 Å². The van der Waals surface area contributed by atoms with Crippen molar-refractivity contribution in [3.8, 4) is 0 Å². The summed E-state index contributed by atoms with van der Waals surface area (Å²) in [4.78, 5) is 0. The van der Waals surface area contributed by atoms with Gasteiger partial charge in [0.1, 0.15) is 0 Å². The van der Waals surface area contributed by atoms with Crippen LogP contribution in [-0.4, -0.2) is 19.3 Å².